The predicted molar refractivity (Wildman–Crippen MR) is 83.8 cm³/mol. The Bertz CT molecular complexity index is 765. The van der Waals surface area contributed by atoms with Crippen LogP contribution in [-0.2, 0) is 11.2 Å². The highest BCUT2D eigenvalue weighted by Crippen LogP contribution is 2.30. The van der Waals surface area contributed by atoms with Crippen molar-refractivity contribution in [2.75, 3.05) is 20.2 Å². The summed E-state index contributed by atoms with van der Waals surface area (Å²) in [5, 5.41) is 5.20. The van der Waals surface area contributed by atoms with E-state index < -0.39 is 0 Å². The monoisotopic (exact) mass is 317 g/mol. The lowest BCUT2D eigenvalue weighted by Crippen LogP contribution is -2.42. The third-order valence-corrected chi connectivity index (χ3v) is 3.89. The molecule has 0 bridgehead atoms. The molecule has 0 saturated heterocycles. The number of carbonyl (C=O) groups is 1. The number of para-hydroxylation sites is 2. The number of H-pyrrole nitrogens is 2. The van der Waals surface area contributed by atoms with Crippen molar-refractivity contribution in [2.24, 2.45) is 0 Å². The molecular weight excluding hydrogens is 298 g/mol. The summed E-state index contributed by atoms with van der Waals surface area (Å²) in [5.74, 6) is 1.26. The first kappa shape index (κ1) is 15.2. The van der Waals surface area contributed by atoms with Crippen molar-refractivity contribution < 1.29 is 14.3 Å². The fourth-order valence-corrected chi connectivity index (χ4v) is 2.53. The van der Waals surface area contributed by atoms with E-state index in [0.717, 1.165) is 0 Å². The number of rotatable bonds is 4. The number of aryl methyl sites for hydroxylation is 1. The van der Waals surface area contributed by atoms with Crippen LogP contribution in [0.2, 0.25) is 0 Å². The normalized spacial score (nSPS) is 16.2. The molecular formula is C16H19N3O4. The summed E-state index contributed by atoms with van der Waals surface area (Å²) in [6, 6.07) is 7.45. The van der Waals surface area contributed by atoms with E-state index in [9.17, 15) is 9.59 Å². The lowest BCUT2D eigenvalue weighted by Gasteiger charge is -2.29. The SMILES string of the molecule is Cc1[nH][nH]c(=O)c1CC(=O)N(C)C[C@H]1COc2ccccc2O1. The summed E-state index contributed by atoms with van der Waals surface area (Å²) < 4.78 is 11.5. The molecule has 1 aliphatic rings. The standard InChI is InChI=1S/C16H19N3O4/c1-10-12(16(21)18-17-10)7-15(20)19(2)8-11-9-22-13-5-3-4-6-14(13)23-11/h3-6,11H,7-9H2,1-2H3,(H2,17,18,21)/t11-/m0/s1. The Balaban J connectivity index is 1.60. The highest BCUT2D eigenvalue weighted by Gasteiger charge is 2.24. The molecule has 1 amide bonds. The quantitative estimate of drug-likeness (QED) is 0.875. The van der Waals surface area contributed by atoms with E-state index in [1.54, 1.807) is 18.9 Å². The van der Waals surface area contributed by atoms with Gasteiger partial charge >= 0.3 is 0 Å². The molecule has 2 heterocycles. The summed E-state index contributed by atoms with van der Waals surface area (Å²) in [7, 11) is 1.70. The van der Waals surface area contributed by atoms with Gasteiger partial charge in [-0.1, -0.05) is 12.1 Å². The summed E-state index contributed by atoms with van der Waals surface area (Å²) in [6.07, 6.45) is -0.171. The number of hydrogen-bond acceptors (Lipinski definition) is 4. The van der Waals surface area contributed by atoms with Crippen molar-refractivity contribution >= 4 is 5.91 Å². The van der Waals surface area contributed by atoms with Crippen LogP contribution in [0.3, 0.4) is 0 Å². The zero-order valence-electron chi connectivity index (χ0n) is 13.1. The molecule has 0 saturated carbocycles. The van der Waals surface area contributed by atoms with Crippen LogP contribution in [0.1, 0.15) is 11.3 Å². The van der Waals surface area contributed by atoms with Crippen LogP contribution >= 0.6 is 0 Å². The van der Waals surface area contributed by atoms with Gasteiger partial charge in [0.15, 0.2) is 17.6 Å². The number of nitrogens with zero attached hydrogens (tertiary/aromatic N) is 1. The first-order valence-corrected chi connectivity index (χ1v) is 7.43. The van der Waals surface area contributed by atoms with Gasteiger partial charge in [0.2, 0.25) is 5.91 Å². The molecule has 7 nitrogen and oxygen atoms in total. The van der Waals surface area contributed by atoms with E-state index in [1.807, 2.05) is 24.3 Å². The van der Waals surface area contributed by atoms with Gasteiger partial charge in [0, 0.05) is 18.3 Å². The number of aromatic nitrogens is 2. The van der Waals surface area contributed by atoms with Gasteiger partial charge in [-0.3, -0.25) is 14.7 Å². The van der Waals surface area contributed by atoms with Crippen molar-refractivity contribution in [3.8, 4) is 11.5 Å². The van der Waals surface area contributed by atoms with E-state index in [1.165, 1.54) is 0 Å². The second-order valence-electron chi connectivity index (χ2n) is 5.63. The third-order valence-electron chi connectivity index (χ3n) is 3.89. The lowest BCUT2D eigenvalue weighted by atomic mass is 10.1. The van der Waals surface area contributed by atoms with E-state index >= 15 is 0 Å². The van der Waals surface area contributed by atoms with E-state index in [0.29, 0.717) is 35.9 Å². The fraction of sp³-hybridized carbons (Fsp3) is 0.375. The van der Waals surface area contributed by atoms with Crippen LogP contribution in [-0.4, -0.2) is 47.3 Å². The Morgan fingerprint density at radius 3 is 2.74 bits per heavy atom. The highest BCUT2D eigenvalue weighted by atomic mass is 16.6. The summed E-state index contributed by atoms with van der Waals surface area (Å²) in [4.78, 5) is 25.5. The third kappa shape index (κ3) is 3.23. The van der Waals surface area contributed by atoms with Gasteiger partial charge in [-0.25, -0.2) is 0 Å². The Kier molecular flexibility index (Phi) is 4.10. The number of ether oxygens (including phenoxy) is 2. The molecule has 0 spiro atoms. The van der Waals surface area contributed by atoms with Gasteiger partial charge in [-0.05, 0) is 19.1 Å². The summed E-state index contributed by atoms with van der Waals surface area (Å²) in [6.45, 7) is 2.54. The second kappa shape index (κ2) is 6.20. The highest BCUT2D eigenvalue weighted by molar-refractivity contribution is 5.78. The van der Waals surface area contributed by atoms with Gasteiger partial charge in [-0.15, -0.1) is 0 Å². The minimum Gasteiger partial charge on any atom is -0.486 e. The molecule has 0 unspecified atom stereocenters. The number of benzene rings is 1. The Hall–Kier alpha value is -2.70. The molecule has 0 aliphatic carbocycles. The summed E-state index contributed by atoms with van der Waals surface area (Å²) in [5.41, 5.74) is 0.895. The first-order chi connectivity index (χ1) is 11.0. The molecule has 122 valence electrons. The maximum absolute atomic E-state index is 12.3. The predicted octanol–water partition coefficient (Wildman–Crippen LogP) is 0.852. The van der Waals surface area contributed by atoms with Crippen molar-refractivity contribution in [1.82, 2.24) is 15.1 Å². The number of amides is 1. The van der Waals surface area contributed by atoms with Crippen LogP contribution < -0.4 is 15.0 Å². The Labute approximate surface area is 133 Å². The Morgan fingerprint density at radius 1 is 1.30 bits per heavy atom. The van der Waals surface area contributed by atoms with Crippen molar-refractivity contribution in [1.29, 1.82) is 0 Å². The molecule has 1 aliphatic heterocycles. The average Bonchev–Trinajstić information content (AvgIpc) is 2.86. The number of fused-ring (bicyclic) bond motifs is 1. The van der Waals surface area contributed by atoms with Gasteiger partial charge < -0.3 is 19.5 Å². The van der Waals surface area contributed by atoms with E-state index in [4.69, 9.17) is 9.47 Å². The molecule has 1 aromatic carbocycles. The number of carbonyl (C=O) groups excluding carboxylic acids is 1. The Morgan fingerprint density at radius 2 is 2.04 bits per heavy atom. The smallest absolute Gasteiger partial charge is 0.267 e. The van der Waals surface area contributed by atoms with E-state index in [-0.39, 0.29) is 24.0 Å². The molecule has 2 N–H and O–H groups in total. The number of nitrogens with one attached hydrogen (secondary N) is 2. The fourth-order valence-electron chi connectivity index (χ4n) is 2.53. The van der Waals surface area contributed by atoms with Crippen molar-refractivity contribution in [2.45, 2.75) is 19.4 Å². The van der Waals surface area contributed by atoms with E-state index in [2.05, 4.69) is 10.2 Å². The van der Waals surface area contributed by atoms with Crippen LogP contribution in [0.25, 0.3) is 0 Å². The van der Waals surface area contributed by atoms with Gasteiger partial charge in [-0.2, -0.15) is 0 Å². The first-order valence-electron chi connectivity index (χ1n) is 7.43. The average molecular weight is 317 g/mol. The minimum atomic E-state index is -0.254. The van der Waals surface area contributed by atoms with Crippen molar-refractivity contribution in [3.63, 3.8) is 0 Å². The maximum Gasteiger partial charge on any atom is 0.267 e. The van der Waals surface area contributed by atoms with Crippen molar-refractivity contribution in [3.05, 3.63) is 45.9 Å². The number of likely N-dealkylation sites (N-methyl/N-ethyl adjacent to an activating group) is 1. The zero-order valence-corrected chi connectivity index (χ0v) is 13.1. The summed E-state index contributed by atoms with van der Waals surface area (Å²) >= 11 is 0. The molecule has 0 radical (unpaired) electrons. The maximum atomic E-state index is 12.3. The molecule has 2 aromatic rings. The molecule has 3 rings (SSSR count). The minimum absolute atomic E-state index is 0.0608. The largest absolute Gasteiger partial charge is 0.486 e. The number of hydrogen-bond donors (Lipinski definition) is 2. The topological polar surface area (TPSA) is 87.4 Å². The van der Waals surface area contributed by atoms with Crippen LogP contribution in [0, 0.1) is 6.92 Å². The molecule has 1 atom stereocenters. The molecule has 23 heavy (non-hydrogen) atoms. The van der Waals surface area contributed by atoms with Crippen LogP contribution in [0.15, 0.2) is 29.1 Å². The van der Waals surface area contributed by atoms with Gasteiger partial charge in [0.1, 0.15) is 6.61 Å². The van der Waals surface area contributed by atoms with Crippen LogP contribution in [0.4, 0.5) is 0 Å². The van der Waals surface area contributed by atoms with Gasteiger partial charge in [0.25, 0.3) is 5.56 Å². The molecule has 1 aromatic heterocycles. The molecule has 7 heteroatoms. The zero-order chi connectivity index (χ0) is 16.4. The number of aromatic amines is 2. The lowest BCUT2D eigenvalue weighted by molar-refractivity contribution is -0.130. The molecule has 0 fully saturated rings. The van der Waals surface area contributed by atoms with Gasteiger partial charge in [0.05, 0.1) is 13.0 Å². The second-order valence-corrected chi connectivity index (χ2v) is 5.63. The van der Waals surface area contributed by atoms with Crippen LogP contribution in [0.5, 0.6) is 11.5 Å².